The van der Waals surface area contributed by atoms with E-state index in [0.717, 1.165) is 4.64 Å². The van der Waals surface area contributed by atoms with Crippen molar-refractivity contribution in [3.63, 3.8) is 0 Å². The summed E-state index contributed by atoms with van der Waals surface area (Å²) in [6, 6.07) is 5.64. The number of nitrogens with one attached hydrogen (secondary N) is 1. The molecule has 1 rings (SSSR count). The number of hydrogen-bond donors (Lipinski definition) is 1. The van der Waals surface area contributed by atoms with Crippen LogP contribution in [0.4, 0.5) is 0 Å². The van der Waals surface area contributed by atoms with E-state index in [1.807, 2.05) is 24.4 Å². The van der Waals surface area contributed by atoms with Crippen LogP contribution >= 0.6 is 25.7 Å². The van der Waals surface area contributed by atoms with Crippen LogP contribution < -0.4 is 0 Å². The van der Waals surface area contributed by atoms with Gasteiger partial charge in [-0.25, -0.2) is 0 Å². The van der Waals surface area contributed by atoms with Crippen LogP contribution in [0.2, 0.25) is 0 Å². The largest absolute Gasteiger partial charge is 0.353 e. The lowest BCUT2D eigenvalue weighted by molar-refractivity contribution is 1.30. The van der Waals surface area contributed by atoms with Crippen molar-refractivity contribution in [3.05, 3.63) is 29.0 Å². The third kappa shape index (κ3) is 2.14. The van der Waals surface area contributed by atoms with Crippen LogP contribution in [-0.4, -0.2) is 4.98 Å². The minimum Gasteiger partial charge on any atom is -0.353 e. The summed E-state index contributed by atoms with van der Waals surface area (Å²) < 4.78 is 0.780. The first-order valence-electron chi connectivity index (χ1n) is 2.03. The molecule has 0 saturated heterocycles. The van der Waals surface area contributed by atoms with Gasteiger partial charge in [-0.3, -0.25) is 0 Å². The first-order valence-corrected chi connectivity index (χ1v) is 2.44. The van der Waals surface area contributed by atoms with E-state index in [-0.39, 0.29) is 13.5 Å². The molecule has 3 heteroatoms. The van der Waals surface area contributed by atoms with E-state index in [4.69, 9.17) is 12.2 Å². The van der Waals surface area contributed by atoms with Crippen LogP contribution in [0.1, 0.15) is 0 Å². The van der Waals surface area contributed by atoms with E-state index in [1.165, 1.54) is 0 Å². The van der Waals surface area contributed by atoms with Crippen LogP contribution in [0.3, 0.4) is 0 Å². The zero-order valence-corrected chi connectivity index (χ0v) is 6.03. The summed E-state index contributed by atoms with van der Waals surface area (Å²) in [7, 11) is 0. The second kappa shape index (κ2) is 3.69. The summed E-state index contributed by atoms with van der Waals surface area (Å²) in [4.78, 5) is 2.85. The molecule has 0 radical (unpaired) electrons. The number of rotatable bonds is 0. The molecule has 1 aromatic heterocycles. The van der Waals surface area contributed by atoms with Gasteiger partial charge in [-0.05, 0) is 12.1 Å². The minimum atomic E-state index is 0. The summed E-state index contributed by atoms with van der Waals surface area (Å²) in [6.07, 6.45) is 1.81. The van der Waals surface area contributed by atoms with Crippen molar-refractivity contribution in [1.82, 2.24) is 4.98 Å². The zero-order chi connectivity index (χ0) is 5.11. The van der Waals surface area contributed by atoms with Gasteiger partial charge in [0.15, 0.2) is 0 Å². The summed E-state index contributed by atoms with van der Waals surface area (Å²) in [5.74, 6) is 0. The molecule has 44 valence electrons. The maximum Gasteiger partial charge on any atom is 0.103 e. The lowest BCUT2D eigenvalue weighted by Crippen LogP contribution is -1.64. The van der Waals surface area contributed by atoms with Gasteiger partial charge < -0.3 is 4.98 Å². The molecule has 1 N–H and O–H groups in total. The maximum absolute atomic E-state index is 4.76. The SMILES string of the molecule is S.S=c1cccc[nH]1. The topological polar surface area (TPSA) is 15.8 Å². The number of H-pyrrole nitrogens is 1. The van der Waals surface area contributed by atoms with E-state index in [1.54, 1.807) is 0 Å². The molecule has 1 aromatic rings. The average Bonchev–Trinajstić information content (AvgIpc) is 1.69. The van der Waals surface area contributed by atoms with E-state index >= 15 is 0 Å². The summed E-state index contributed by atoms with van der Waals surface area (Å²) in [5.41, 5.74) is 0. The number of pyridine rings is 1. The molecule has 0 amide bonds. The van der Waals surface area contributed by atoms with Crippen molar-refractivity contribution in [1.29, 1.82) is 0 Å². The molecule has 0 fully saturated rings. The molecular weight excluding hydrogens is 138 g/mol. The molecule has 8 heavy (non-hydrogen) atoms. The van der Waals surface area contributed by atoms with Crippen molar-refractivity contribution in [2.45, 2.75) is 0 Å². The van der Waals surface area contributed by atoms with E-state index in [9.17, 15) is 0 Å². The van der Waals surface area contributed by atoms with Gasteiger partial charge in [0.2, 0.25) is 0 Å². The third-order valence-corrected chi connectivity index (χ3v) is 0.934. The van der Waals surface area contributed by atoms with Crippen LogP contribution in [-0.2, 0) is 0 Å². The second-order valence-electron chi connectivity index (χ2n) is 1.23. The highest BCUT2D eigenvalue weighted by Crippen LogP contribution is 1.80. The van der Waals surface area contributed by atoms with Gasteiger partial charge in [0.05, 0.1) is 0 Å². The standard InChI is InChI=1S/C5H5NS.H2S/c7-5-3-1-2-4-6-5;/h1-4H,(H,6,7);1H2. The molecule has 0 aliphatic heterocycles. The Kier molecular flexibility index (Phi) is 3.56. The van der Waals surface area contributed by atoms with Crippen LogP contribution in [0.5, 0.6) is 0 Å². The molecule has 0 aliphatic rings. The first kappa shape index (κ1) is 7.72. The van der Waals surface area contributed by atoms with Crippen molar-refractivity contribution in [2.24, 2.45) is 0 Å². The molecule has 0 aromatic carbocycles. The molecule has 1 heterocycles. The lowest BCUT2D eigenvalue weighted by Gasteiger charge is -1.76. The predicted octanol–water partition coefficient (Wildman–Crippen LogP) is 1.86. The van der Waals surface area contributed by atoms with Gasteiger partial charge in [-0.2, -0.15) is 13.5 Å². The monoisotopic (exact) mass is 145 g/mol. The molecule has 0 aliphatic carbocycles. The lowest BCUT2D eigenvalue weighted by atomic mass is 10.5. The van der Waals surface area contributed by atoms with Gasteiger partial charge in [-0.1, -0.05) is 18.3 Å². The van der Waals surface area contributed by atoms with Gasteiger partial charge in [0, 0.05) is 6.20 Å². The molecule has 0 saturated carbocycles. The molecule has 0 unspecified atom stereocenters. The Morgan fingerprint density at radius 2 is 2.12 bits per heavy atom. The van der Waals surface area contributed by atoms with Crippen LogP contribution in [0.15, 0.2) is 24.4 Å². The maximum atomic E-state index is 4.76. The van der Waals surface area contributed by atoms with Gasteiger partial charge in [0.25, 0.3) is 0 Å². The molecule has 0 atom stereocenters. The predicted molar refractivity (Wildman–Crippen MR) is 42.0 cm³/mol. The summed E-state index contributed by atoms with van der Waals surface area (Å²) in [6.45, 7) is 0. The second-order valence-corrected chi connectivity index (χ2v) is 1.67. The molecule has 0 bridgehead atoms. The fourth-order valence-electron chi connectivity index (χ4n) is 0.377. The zero-order valence-electron chi connectivity index (χ0n) is 4.22. The fraction of sp³-hybridized carbons (Fsp3) is 0. The van der Waals surface area contributed by atoms with E-state index in [2.05, 4.69) is 4.98 Å². The van der Waals surface area contributed by atoms with Crippen molar-refractivity contribution in [3.8, 4) is 0 Å². The Bertz CT molecular complexity index is 176. The quantitative estimate of drug-likeness (QED) is 0.551. The normalized spacial score (nSPS) is 7.50. The van der Waals surface area contributed by atoms with Gasteiger partial charge >= 0.3 is 0 Å². The Morgan fingerprint density at radius 1 is 1.38 bits per heavy atom. The smallest absolute Gasteiger partial charge is 0.103 e. The van der Waals surface area contributed by atoms with E-state index in [0.29, 0.717) is 0 Å². The molecule has 0 spiro atoms. The molecular formula is C5H7NS2. The van der Waals surface area contributed by atoms with Crippen molar-refractivity contribution in [2.75, 3.05) is 0 Å². The highest BCUT2D eigenvalue weighted by atomic mass is 32.1. The summed E-state index contributed by atoms with van der Waals surface area (Å²) >= 11 is 4.76. The number of aromatic amines is 1. The Balaban J connectivity index is 0.000000490. The van der Waals surface area contributed by atoms with Crippen LogP contribution in [0, 0.1) is 4.64 Å². The number of aromatic nitrogens is 1. The average molecular weight is 145 g/mol. The van der Waals surface area contributed by atoms with Crippen LogP contribution in [0.25, 0.3) is 0 Å². The molecule has 1 nitrogen and oxygen atoms in total. The van der Waals surface area contributed by atoms with Crippen molar-refractivity contribution >= 4 is 25.7 Å². The van der Waals surface area contributed by atoms with E-state index < -0.39 is 0 Å². The third-order valence-electron chi connectivity index (χ3n) is 0.681. The van der Waals surface area contributed by atoms with Gasteiger partial charge in [0.1, 0.15) is 4.64 Å². The Labute approximate surface area is 60.2 Å². The minimum absolute atomic E-state index is 0. The highest BCUT2D eigenvalue weighted by Gasteiger charge is 1.65. The Morgan fingerprint density at radius 3 is 2.38 bits per heavy atom. The highest BCUT2D eigenvalue weighted by molar-refractivity contribution is 7.71. The summed E-state index contributed by atoms with van der Waals surface area (Å²) in [5, 5.41) is 0. The van der Waals surface area contributed by atoms with Gasteiger partial charge in [-0.15, -0.1) is 0 Å². The first-order chi connectivity index (χ1) is 3.39. The van der Waals surface area contributed by atoms with Crippen molar-refractivity contribution < 1.29 is 0 Å². The Hall–Kier alpha value is -0.280. The fourth-order valence-corrected chi connectivity index (χ4v) is 0.523. The number of hydrogen-bond acceptors (Lipinski definition) is 1.